The van der Waals surface area contributed by atoms with Crippen LogP contribution in [0.25, 0.3) is 0 Å². The summed E-state index contributed by atoms with van der Waals surface area (Å²) in [5, 5.41) is 3.24. The van der Waals surface area contributed by atoms with Crippen molar-refractivity contribution >= 4 is 5.91 Å². The van der Waals surface area contributed by atoms with Crippen LogP contribution in [0.2, 0.25) is 0 Å². The summed E-state index contributed by atoms with van der Waals surface area (Å²) in [5.41, 5.74) is 5.94. The standard InChI is InChI=1S/C18H33N3O2/c19-18(8-4-5-9-18)16(22)20-14-17(6-2-1-3-7-17)15-21-10-12-23-13-11-21/h1-15,19H2,(H,20,22). The molecule has 3 fully saturated rings. The zero-order valence-corrected chi connectivity index (χ0v) is 14.4. The molecule has 0 aromatic carbocycles. The molecule has 23 heavy (non-hydrogen) atoms. The lowest BCUT2D eigenvalue weighted by atomic mass is 9.73. The van der Waals surface area contributed by atoms with Crippen molar-refractivity contribution in [2.24, 2.45) is 11.1 Å². The summed E-state index contributed by atoms with van der Waals surface area (Å²) in [6.45, 7) is 5.62. The molecule has 2 aliphatic carbocycles. The van der Waals surface area contributed by atoms with E-state index >= 15 is 0 Å². The fourth-order valence-electron chi connectivity index (χ4n) is 4.60. The summed E-state index contributed by atoms with van der Waals surface area (Å²) >= 11 is 0. The van der Waals surface area contributed by atoms with E-state index in [-0.39, 0.29) is 11.3 Å². The average molecular weight is 323 g/mol. The molecular formula is C18H33N3O2. The summed E-state index contributed by atoms with van der Waals surface area (Å²) in [4.78, 5) is 15.1. The first-order valence-corrected chi connectivity index (χ1v) is 9.49. The molecule has 1 aliphatic heterocycles. The molecule has 5 heteroatoms. The molecule has 3 aliphatic rings. The molecule has 0 aromatic heterocycles. The van der Waals surface area contributed by atoms with Crippen molar-refractivity contribution in [1.82, 2.24) is 10.2 Å². The minimum absolute atomic E-state index is 0.0851. The van der Waals surface area contributed by atoms with Gasteiger partial charge in [-0.25, -0.2) is 0 Å². The number of rotatable bonds is 5. The molecule has 0 radical (unpaired) electrons. The molecule has 2 saturated carbocycles. The molecule has 0 bridgehead atoms. The Kier molecular flexibility index (Phi) is 5.60. The van der Waals surface area contributed by atoms with Gasteiger partial charge in [-0.3, -0.25) is 9.69 Å². The van der Waals surface area contributed by atoms with E-state index < -0.39 is 5.54 Å². The predicted octanol–water partition coefficient (Wildman–Crippen LogP) is 1.66. The van der Waals surface area contributed by atoms with Crippen LogP contribution in [-0.4, -0.2) is 55.7 Å². The van der Waals surface area contributed by atoms with Crippen LogP contribution >= 0.6 is 0 Å². The molecule has 3 N–H and O–H groups in total. The molecule has 1 amide bonds. The van der Waals surface area contributed by atoms with Gasteiger partial charge in [0.2, 0.25) is 5.91 Å². The smallest absolute Gasteiger partial charge is 0.240 e. The molecule has 0 atom stereocenters. The number of morpholine rings is 1. The van der Waals surface area contributed by atoms with Crippen molar-refractivity contribution in [2.75, 3.05) is 39.4 Å². The zero-order chi connectivity index (χ0) is 16.2. The molecule has 1 heterocycles. The minimum atomic E-state index is -0.602. The topological polar surface area (TPSA) is 67.6 Å². The number of amides is 1. The highest BCUT2D eigenvalue weighted by atomic mass is 16.5. The van der Waals surface area contributed by atoms with Gasteiger partial charge in [-0.2, -0.15) is 0 Å². The molecule has 132 valence electrons. The second kappa shape index (κ2) is 7.49. The van der Waals surface area contributed by atoms with Gasteiger partial charge in [0.25, 0.3) is 0 Å². The fourth-order valence-corrected chi connectivity index (χ4v) is 4.60. The maximum absolute atomic E-state index is 12.6. The summed E-state index contributed by atoms with van der Waals surface area (Å²) in [5.74, 6) is 0.0851. The Morgan fingerprint density at radius 3 is 2.26 bits per heavy atom. The molecule has 0 unspecified atom stereocenters. The van der Waals surface area contributed by atoms with Crippen molar-refractivity contribution in [3.63, 3.8) is 0 Å². The largest absolute Gasteiger partial charge is 0.379 e. The number of carbonyl (C=O) groups excluding carboxylic acids is 1. The highest BCUT2D eigenvalue weighted by molar-refractivity contribution is 5.86. The summed E-state index contributed by atoms with van der Waals surface area (Å²) in [6, 6.07) is 0. The van der Waals surface area contributed by atoms with Crippen LogP contribution in [0.15, 0.2) is 0 Å². The molecule has 1 saturated heterocycles. The van der Waals surface area contributed by atoms with Crippen LogP contribution in [0.5, 0.6) is 0 Å². The molecule has 0 aromatic rings. The summed E-state index contributed by atoms with van der Waals surface area (Å²) in [7, 11) is 0. The number of nitrogens with two attached hydrogens (primary N) is 1. The van der Waals surface area contributed by atoms with E-state index in [1.807, 2.05) is 0 Å². The first kappa shape index (κ1) is 17.2. The highest BCUT2D eigenvalue weighted by Crippen LogP contribution is 2.37. The number of hydrogen-bond acceptors (Lipinski definition) is 4. The van der Waals surface area contributed by atoms with Gasteiger partial charge in [0.1, 0.15) is 0 Å². The average Bonchev–Trinajstić information content (AvgIpc) is 3.03. The third kappa shape index (κ3) is 4.25. The van der Waals surface area contributed by atoms with Crippen molar-refractivity contribution < 1.29 is 9.53 Å². The number of hydrogen-bond donors (Lipinski definition) is 2. The van der Waals surface area contributed by atoms with E-state index in [2.05, 4.69) is 10.2 Å². The monoisotopic (exact) mass is 323 g/mol. The maximum Gasteiger partial charge on any atom is 0.240 e. The lowest BCUT2D eigenvalue weighted by Gasteiger charge is -2.42. The lowest BCUT2D eigenvalue weighted by molar-refractivity contribution is -0.127. The van der Waals surface area contributed by atoms with Crippen LogP contribution in [0, 0.1) is 5.41 Å². The second-order valence-electron chi connectivity index (χ2n) is 8.00. The first-order valence-electron chi connectivity index (χ1n) is 9.49. The Morgan fingerprint density at radius 2 is 1.61 bits per heavy atom. The van der Waals surface area contributed by atoms with Crippen LogP contribution in [0.3, 0.4) is 0 Å². The predicted molar refractivity (Wildman–Crippen MR) is 91.2 cm³/mol. The van der Waals surface area contributed by atoms with E-state index in [9.17, 15) is 4.79 Å². The first-order chi connectivity index (χ1) is 11.1. The molecule has 5 nitrogen and oxygen atoms in total. The van der Waals surface area contributed by atoms with Gasteiger partial charge in [0.05, 0.1) is 18.8 Å². The van der Waals surface area contributed by atoms with E-state index in [4.69, 9.17) is 10.5 Å². The van der Waals surface area contributed by atoms with Gasteiger partial charge in [0, 0.05) is 31.6 Å². The van der Waals surface area contributed by atoms with E-state index in [1.54, 1.807) is 0 Å². The minimum Gasteiger partial charge on any atom is -0.379 e. The zero-order valence-electron chi connectivity index (χ0n) is 14.4. The third-order valence-electron chi connectivity index (χ3n) is 6.15. The lowest BCUT2D eigenvalue weighted by Crippen LogP contribution is -2.56. The quantitative estimate of drug-likeness (QED) is 0.807. The van der Waals surface area contributed by atoms with Gasteiger partial charge < -0.3 is 15.8 Å². The SMILES string of the molecule is NC1(C(=O)NCC2(CN3CCOCC3)CCCCC2)CCCC1. The molecule has 0 spiro atoms. The van der Waals surface area contributed by atoms with Crippen LogP contribution in [-0.2, 0) is 9.53 Å². The molecule has 3 rings (SSSR count). The summed E-state index contributed by atoms with van der Waals surface area (Å²) < 4.78 is 5.47. The van der Waals surface area contributed by atoms with Crippen molar-refractivity contribution in [3.8, 4) is 0 Å². The van der Waals surface area contributed by atoms with Crippen LogP contribution in [0.1, 0.15) is 57.8 Å². The van der Waals surface area contributed by atoms with Crippen molar-refractivity contribution in [3.05, 3.63) is 0 Å². The van der Waals surface area contributed by atoms with Crippen molar-refractivity contribution in [1.29, 1.82) is 0 Å². The fraction of sp³-hybridized carbons (Fsp3) is 0.944. The van der Waals surface area contributed by atoms with Gasteiger partial charge in [0.15, 0.2) is 0 Å². The van der Waals surface area contributed by atoms with Gasteiger partial charge in [-0.15, -0.1) is 0 Å². The number of nitrogens with one attached hydrogen (secondary N) is 1. The Labute approximate surface area is 140 Å². The van der Waals surface area contributed by atoms with Gasteiger partial charge in [-0.1, -0.05) is 32.1 Å². The van der Waals surface area contributed by atoms with E-state index in [0.29, 0.717) is 0 Å². The summed E-state index contributed by atoms with van der Waals surface area (Å²) in [6.07, 6.45) is 10.2. The van der Waals surface area contributed by atoms with Gasteiger partial charge >= 0.3 is 0 Å². The Balaban J connectivity index is 1.58. The number of carbonyl (C=O) groups is 1. The number of nitrogens with zero attached hydrogens (tertiary/aromatic N) is 1. The normalized spacial score (nSPS) is 27.7. The molecular weight excluding hydrogens is 290 g/mol. The highest BCUT2D eigenvalue weighted by Gasteiger charge is 2.39. The van der Waals surface area contributed by atoms with Gasteiger partial charge in [-0.05, 0) is 25.7 Å². The Bertz CT molecular complexity index is 395. The third-order valence-corrected chi connectivity index (χ3v) is 6.15. The Hall–Kier alpha value is -0.650. The second-order valence-corrected chi connectivity index (χ2v) is 8.00. The number of ether oxygens (including phenoxy) is 1. The van der Waals surface area contributed by atoms with E-state index in [0.717, 1.165) is 65.1 Å². The van der Waals surface area contributed by atoms with Crippen molar-refractivity contribution in [2.45, 2.75) is 63.3 Å². The van der Waals surface area contributed by atoms with E-state index in [1.165, 1.54) is 32.1 Å². The van der Waals surface area contributed by atoms with Crippen LogP contribution < -0.4 is 11.1 Å². The van der Waals surface area contributed by atoms with Crippen LogP contribution in [0.4, 0.5) is 0 Å². The maximum atomic E-state index is 12.6. The Morgan fingerprint density at radius 1 is 1.00 bits per heavy atom.